The van der Waals surface area contributed by atoms with Crippen LogP contribution in [-0.2, 0) is 9.59 Å². The van der Waals surface area contributed by atoms with Crippen LogP contribution in [0.5, 0.6) is 11.5 Å². The van der Waals surface area contributed by atoms with Gasteiger partial charge >= 0.3 is 0 Å². The van der Waals surface area contributed by atoms with Gasteiger partial charge in [0.1, 0.15) is 11.8 Å². The number of allylic oxidation sites excluding steroid dienone is 2. The molecular formula is C56H86N2O4. The fourth-order valence-corrected chi connectivity index (χ4v) is 9.64. The van der Waals surface area contributed by atoms with Gasteiger partial charge in [-0.2, -0.15) is 0 Å². The topological polar surface area (TPSA) is 59.1 Å². The van der Waals surface area contributed by atoms with Crippen molar-refractivity contribution < 1.29 is 19.1 Å². The van der Waals surface area contributed by atoms with E-state index in [0.29, 0.717) is 11.8 Å². The number of fused-ring (bicyclic) bond motifs is 2. The number of ether oxygens (including phenoxy) is 2. The van der Waals surface area contributed by atoms with Gasteiger partial charge in [0.2, 0.25) is 0 Å². The van der Waals surface area contributed by atoms with Gasteiger partial charge in [0.25, 0.3) is 0 Å². The van der Waals surface area contributed by atoms with E-state index in [4.69, 9.17) is 9.47 Å². The second-order valence-electron chi connectivity index (χ2n) is 18.8. The number of Topliss-reactive ketones (excluding diaryl/α,β-unsaturated/α-hetero) is 2. The summed E-state index contributed by atoms with van der Waals surface area (Å²) in [7, 11) is 0. The van der Waals surface area contributed by atoms with E-state index in [0.717, 1.165) is 48.8 Å². The third-order valence-electron chi connectivity index (χ3n) is 13.6. The van der Waals surface area contributed by atoms with Crippen LogP contribution in [-0.4, -0.2) is 24.7 Å². The number of carbonyl (C=O) groups excluding carboxylic acids is 2. The molecule has 5 rings (SSSR count). The molecule has 1 saturated carbocycles. The van der Waals surface area contributed by atoms with Gasteiger partial charge in [0, 0.05) is 13.1 Å². The smallest absolute Gasteiger partial charge is 0.197 e. The van der Waals surface area contributed by atoms with Crippen LogP contribution in [0.3, 0.4) is 0 Å². The molecule has 0 amide bonds. The first kappa shape index (κ1) is 49.5. The minimum atomic E-state index is -0.799. The molecule has 1 fully saturated rings. The highest BCUT2D eigenvalue weighted by Gasteiger charge is 2.48. The van der Waals surface area contributed by atoms with E-state index in [1.54, 1.807) is 12.2 Å². The molecule has 1 aliphatic carbocycles. The predicted octanol–water partition coefficient (Wildman–Crippen LogP) is 16.4. The first-order valence-electron chi connectivity index (χ1n) is 26.2. The number of nitrogens with zero attached hydrogens (tertiary/aromatic N) is 2. The maximum Gasteiger partial charge on any atom is 0.197 e. The lowest BCUT2D eigenvalue weighted by Gasteiger charge is -2.30. The van der Waals surface area contributed by atoms with E-state index in [-0.39, 0.29) is 11.6 Å². The van der Waals surface area contributed by atoms with Crippen LogP contribution in [0, 0.1) is 11.8 Å². The van der Waals surface area contributed by atoms with Crippen molar-refractivity contribution in [3.63, 3.8) is 0 Å². The molecule has 6 heteroatoms. The summed E-state index contributed by atoms with van der Waals surface area (Å²) < 4.78 is 12.6. The first-order chi connectivity index (χ1) is 30.6. The maximum atomic E-state index is 13.7. The number of para-hydroxylation sites is 4. The fraction of sp³-hybridized carbons (Fsp3) is 0.679. The Kier molecular flexibility index (Phi) is 23.7. The highest BCUT2D eigenvalue weighted by molar-refractivity contribution is 6.26. The predicted molar refractivity (Wildman–Crippen MR) is 261 cm³/mol. The lowest BCUT2D eigenvalue weighted by Crippen LogP contribution is -2.47. The zero-order valence-electron chi connectivity index (χ0n) is 39.5. The van der Waals surface area contributed by atoms with Crippen molar-refractivity contribution in [2.24, 2.45) is 11.8 Å². The minimum absolute atomic E-state index is 0.0844. The van der Waals surface area contributed by atoms with Crippen molar-refractivity contribution in [1.29, 1.82) is 0 Å². The third-order valence-corrected chi connectivity index (χ3v) is 13.6. The Morgan fingerprint density at radius 2 is 0.645 bits per heavy atom. The van der Waals surface area contributed by atoms with Crippen LogP contribution in [0.1, 0.15) is 219 Å². The molecular weight excluding hydrogens is 765 g/mol. The first-order valence-corrected chi connectivity index (χ1v) is 26.2. The van der Waals surface area contributed by atoms with Crippen LogP contribution in [0.25, 0.3) is 0 Å². The number of anilines is 2. The number of carbonyl (C=O) groups is 2. The van der Waals surface area contributed by atoms with E-state index in [1.807, 2.05) is 36.4 Å². The zero-order valence-corrected chi connectivity index (χ0v) is 39.5. The molecule has 2 aliphatic heterocycles. The average molecular weight is 851 g/mol. The lowest BCUT2D eigenvalue weighted by atomic mass is 9.71. The van der Waals surface area contributed by atoms with Gasteiger partial charge in [-0.3, -0.25) is 9.59 Å². The average Bonchev–Trinajstić information content (AvgIpc) is 3.83. The van der Waals surface area contributed by atoms with Crippen molar-refractivity contribution in [2.75, 3.05) is 22.9 Å². The molecule has 344 valence electrons. The number of unbranched alkanes of at least 4 members (excludes halogenated alkanes) is 30. The fourth-order valence-electron chi connectivity index (χ4n) is 9.64. The number of ketones is 2. The van der Waals surface area contributed by atoms with Gasteiger partial charge in [-0.25, -0.2) is 0 Å². The molecule has 0 saturated heterocycles. The summed E-state index contributed by atoms with van der Waals surface area (Å²) in [6, 6.07) is 16.1. The van der Waals surface area contributed by atoms with Crippen LogP contribution in [0.2, 0.25) is 0 Å². The van der Waals surface area contributed by atoms with Crippen LogP contribution < -0.4 is 19.3 Å². The van der Waals surface area contributed by atoms with Gasteiger partial charge < -0.3 is 19.3 Å². The Bertz CT molecular complexity index is 1500. The zero-order chi connectivity index (χ0) is 43.5. The second-order valence-corrected chi connectivity index (χ2v) is 18.8. The largest absolute Gasteiger partial charge is 0.439 e. The second kappa shape index (κ2) is 29.8. The number of hydrogen-bond acceptors (Lipinski definition) is 6. The van der Waals surface area contributed by atoms with Crippen molar-refractivity contribution in [3.05, 3.63) is 72.4 Å². The van der Waals surface area contributed by atoms with E-state index in [1.165, 1.54) is 193 Å². The van der Waals surface area contributed by atoms with Crippen molar-refractivity contribution >= 4 is 22.9 Å². The standard InChI is InChI=1S/C56H86N2O4/c1-3-5-7-9-11-13-15-17-19-21-23-25-27-29-31-37-43-57-49-39-33-35-41-51(49)61-53(57)45-47-55(59)48(56(47)60)46-54-58(50-40-34-36-42-52(50)62-54)44-38-32-30-28-26-24-22-20-18-16-14-12-10-8-6-4-2/h33-36,39-42,45-48H,3-32,37-38,43-44H2,1-2H3/b53-45-,54-46-. The minimum Gasteiger partial charge on any atom is -0.439 e. The SMILES string of the molecule is CCCCCCCCCCCCCCCCCCN1/C(=C/C2C(=O)C(/C=C3\Oc4ccccc4N3CCCCCCCCCCCCCCCCCC)C2=O)Oc2ccccc21. The van der Waals surface area contributed by atoms with E-state index in [9.17, 15) is 9.59 Å². The quantitative estimate of drug-likeness (QED) is 0.0503. The molecule has 0 unspecified atom stereocenters. The molecule has 0 atom stereocenters. The Morgan fingerprint density at radius 3 is 0.935 bits per heavy atom. The highest BCUT2D eigenvalue weighted by atomic mass is 16.5. The van der Waals surface area contributed by atoms with E-state index >= 15 is 0 Å². The molecule has 2 aromatic carbocycles. The lowest BCUT2D eigenvalue weighted by molar-refractivity contribution is -0.146. The summed E-state index contributed by atoms with van der Waals surface area (Å²) >= 11 is 0. The van der Waals surface area contributed by atoms with Crippen molar-refractivity contribution in [1.82, 2.24) is 0 Å². The van der Waals surface area contributed by atoms with Gasteiger partial charge in [-0.15, -0.1) is 0 Å². The summed E-state index contributed by atoms with van der Waals surface area (Å²) in [6.07, 6.45) is 46.4. The summed E-state index contributed by atoms with van der Waals surface area (Å²) in [5.41, 5.74) is 2.03. The Balaban J connectivity index is 0.995. The summed E-state index contributed by atoms with van der Waals surface area (Å²) in [5, 5.41) is 0. The Labute approximate surface area is 378 Å². The summed E-state index contributed by atoms with van der Waals surface area (Å²) in [6.45, 7) is 6.19. The molecule has 0 radical (unpaired) electrons. The third kappa shape index (κ3) is 16.5. The van der Waals surface area contributed by atoms with E-state index < -0.39 is 11.8 Å². The van der Waals surface area contributed by atoms with Crippen molar-refractivity contribution in [3.8, 4) is 11.5 Å². The molecule has 2 heterocycles. The van der Waals surface area contributed by atoms with Crippen LogP contribution in [0.15, 0.2) is 72.4 Å². The van der Waals surface area contributed by atoms with Gasteiger partial charge in [-0.05, 0) is 49.3 Å². The number of benzene rings is 2. The van der Waals surface area contributed by atoms with Crippen LogP contribution in [0.4, 0.5) is 11.4 Å². The van der Waals surface area contributed by atoms with Gasteiger partial charge in [-0.1, -0.05) is 231 Å². The van der Waals surface area contributed by atoms with E-state index in [2.05, 4.69) is 35.8 Å². The molecule has 0 N–H and O–H groups in total. The highest BCUT2D eigenvalue weighted by Crippen LogP contribution is 2.43. The molecule has 3 aliphatic rings. The Morgan fingerprint density at radius 1 is 0.387 bits per heavy atom. The van der Waals surface area contributed by atoms with Crippen molar-refractivity contribution in [2.45, 2.75) is 219 Å². The molecule has 2 aromatic rings. The molecule has 0 aromatic heterocycles. The Hall–Kier alpha value is -3.54. The molecule has 0 spiro atoms. The molecule has 6 nitrogen and oxygen atoms in total. The maximum absolute atomic E-state index is 13.7. The van der Waals surface area contributed by atoms with Crippen LogP contribution >= 0.6 is 0 Å². The summed E-state index contributed by atoms with van der Waals surface area (Å²) in [4.78, 5) is 31.7. The molecule has 0 bridgehead atoms. The monoisotopic (exact) mass is 851 g/mol. The molecule has 62 heavy (non-hydrogen) atoms. The number of hydrogen-bond donors (Lipinski definition) is 0. The van der Waals surface area contributed by atoms with Gasteiger partial charge in [0.05, 0.1) is 11.4 Å². The number of rotatable bonds is 36. The normalized spacial score (nSPS) is 18.1. The van der Waals surface area contributed by atoms with Gasteiger partial charge in [0.15, 0.2) is 34.8 Å². The summed E-state index contributed by atoms with van der Waals surface area (Å²) in [5.74, 6) is 1.03.